The lowest BCUT2D eigenvalue weighted by Gasteiger charge is -2.06. The Kier molecular flexibility index (Phi) is 6.38. The Morgan fingerprint density at radius 2 is 1.82 bits per heavy atom. The molecule has 0 radical (unpaired) electrons. The molecule has 1 aromatic heterocycles. The van der Waals surface area contributed by atoms with Gasteiger partial charge in [0, 0.05) is 18.7 Å². The SMILES string of the molecule is CCOCCn1c(=NC(=O)c2ccc(C)cc2)sc2cc(C(=O)OC)ccc21. The molecule has 0 unspecified atom stereocenters. The van der Waals surface area contributed by atoms with E-state index >= 15 is 0 Å². The van der Waals surface area contributed by atoms with Gasteiger partial charge in [0.25, 0.3) is 5.91 Å². The number of carbonyl (C=O) groups excluding carboxylic acids is 2. The molecule has 6 nitrogen and oxygen atoms in total. The number of esters is 1. The van der Waals surface area contributed by atoms with Crippen LogP contribution in [0.15, 0.2) is 47.5 Å². The first-order chi connectivity index (χ1) is 13.5. The maximum atomic E-state index is 12.6. The monoisotopic (exact) mass is 398 g/mol. The van der Waals surface area contributed by atoms with Crippen LogP contribution in [0, 0.1) is 6.92 Å². The van der Waals surface area contributed by atoms with Gasteiger partial charge in [0.05, 0.1) is 29.5 Å². The van der Waals surface area contributed by atoms with Crippen molar-refractivity contribution in [3.63, 3.8) is 0 Å². The molecule has 0 bridgehead atoms. The van der Waals surface area contributed by atoms with Gasteiger partial charge in [-0.25, -0.2) is 4.79 Å². The Balaban J connectivity index is 2.07. The minimum absolute atomic E-state index is 0.301. The molecule has 3 rings (SSSR count). The summed E-state index contributed by atoms with van der Waals surface area (Å²) in [6.07, 6.45) is 0. The smallest absolute Gasteiger partial charge is 0.337 e. The molecule has 146 valence electrons. The Labute approximate surface area is 167 Å². The summed E-state index contributed by atoms with van der Waals surface area (Å²) in [4.78, 5) is 29.4. The Bertz CT molecular complexity index is 1060. The number of fused-ring (bicyclic) bond motifs is 1. The number of ether oxygens (including phenoxy) is 2. The van der Waals surface area contributed by atoms with E-state index in [1.54, 1.807) is 24.3 Å². The minimum Gasteiger partial charge on any atom is -0.465 e. The molecular weight excluding hydrogens is 376 g/mol. The molecule has 3 aromatic rings. The van der Waals surface area contributed by atoms with Crippen molar-refractivity contribution in [3.8, 4) is 0 Å². The molecule has 2 aromatic carbocycles. The molecule has 0 atom stereocenters. The molecule has 0 fully saturated rings. The van der Waals surface area contributed by atoms with Gasteiger partial charge in [0.2, 0.25) is 0 Å². The molecule has 0 saturated carbocycles. The summed E-state index contributed by atoms with van der Waals surface area (Å²) in [5.41, 5.74) is 2.98. The number of aryl methyl sites for hydroxylation is 1. The second-order valence-corrected chi connectivity index (χ2v) is 7.20. The van der Waals surface area contributed by atoms with E-state index in [0.29, 0.717) is 35.7 Å². The van der Waals surface area contributed by atoms with Gasteiger partial charge in [0.15, 0.2) is 4.80 Å². The zero-order chi connectivity index (χ0) is 20.1. The van der Waals surface area contributed by atoms with Crippen molar-refractivity contribution in [2.75, 3.05) is 20.3 Å². The molecule has 0 saturated heterocycles. The van der Waals surface area contributed by atoms with Gasteiger partial charge in [-0.05, 0) is 44.2 Å². The highest BCUT2D eigenvalue weighted by Crippen LogP contribution is 2.20. The van der Waals surface area contributed by atoms with Crippen LogP contribution >= 0.6 is 11.3 Å². The second-order valence-electron chi connectivity index (χ2n) is 6.19. The summed E-state index contributed by atoms with van der Waals surface area (Å²) < 4.78 is 13.1. The van der Waals surface area contributed by atoms with Crippen molar-refractivity contribution < 1.29 is 19.1 Å². The van der Waals surface area contributed by atoms with Gasteiger partial charge in [-0.15, -0.1) is 0 Å². The van der Waals surface area contributed by atoms with Crippen molar-refractivity contribution >= 4 is 33.4 Å². The normalized spacial score (nSPS) is 11.8. The van der Waals surface area contributed by atoms with Crippen LogP contribution < -0.4 is 4.80 Å². The summed E-state index contributed by atoms with van der Waals surface area (Å²) in [5, 5.41) is 0. The number of benzene rings is 2. The van der Waals surface area contributed by atoms with Crippen LogP contribution in [0.4, 0.5) is 0 Å². The summed E-state index contributed by atoms with van der Waals surface area (Å²) in [6, 6.07) is 12.6. The first kappa shape index (κ1) is 20.0. The van der Waals surface area contributed by atoms with Crippen LogP contribution in [-0.4, -0.2) is 36.8 Å². The number of hydrogen-bond donors (Lipinski definition) is 0. The minimum atomic E-state index is -0.398. The third-order valence-electron chi connectivity index (χ3n) is 4.26. The fourth-order valence-corrected chi connectivity index (χ4v) is 3.86. The van der Waals surface area contributed by atoms with Crippen molar-refractivity contribution in [1.82, 2.24) is 4.57 Å². The summed E-state index contributed by atoms with van der Waals surface area (Å²) in [6.45, 7) is 5.59. The molecule has 0 aliphatic heterocycles. The highest BCUT2D eigenvalue weighted by molar-refractivity contribution is 7.16. The molecule has 0 aliphatic carbocycles. The first-order valence-corrected chi connectivity index (χ1v) is 9.80. The lowest BCUT2D eigenvalue weighted by Crippen LogP contribution is -2.19. The number of thiazole rings is 1. The highest BCUT2D eigenvalue weighted by atomic mass is 32.1. The molecule has 7 heteroatoms. The van der Waals surface area contributed by atoms with E-state index in [-0.39, 0.29) is 5.91 Å². The zero-order valence-electron chi connectivity index (χ0n) is 16.1. The van der Waals surface area contributed by atoms with Crippen molar-refractivity contribution in [2.24, 2.45) is 4.99 Å². The van der Waals surface area contributed by atoms with E-state index in [2.05, 4.69) is 4.99 Å². The number of carbonyl (C=O) groups is 2. The average Bonchev–Trinajstić information content (AvgIpc) is 3.04. The Hall–Kier alpha value is -2.77. The molecule has 1 heterocycles. The molecule has 0 spiro atoms. The van der Waals surface area contributed by atoms with E-state index in [4.69, 9.17) is 9.47 Å². The van der Waals surface area contributed by atoms with Gasteiger partial charge in [0.1, 0.15) is 0 Å². The van der Waals surface area contributed by atoms with Gasteiger partial charge in [-0.3, -0.25) is 4.79 Å². The third-order valence-corrected chi connectivity index (χ3v) is 5.30. The van der Waals surface area contributed by atoms with Gasteiger partial charge >= 0.3 is 5.97 Å². The Morgan fingerprint density at radius 1 is 1.11 bits per heavy atom. The average molecular weight is 398 g/mol. The molecule has 0 aliphatic rings. The van der Waals surface area contributed by atoms with Crippen LogP contribution in [-0.2, 0) is 16.0 Å². The van der Waals surface area contributed by atoms with Crippen LogP contribution in [0.5, 0.6) is 0 Å². The fourth-order valence-electron chi connectivity index (χ4n) is 2.77. The molecule has 1 amide bonds. The van der Waals surface area contributed by atoms with Crippen LogP contribution in [0.1, 0.15) is 33.2 Å². The number of amides is 1. The standard InChI is InChI=1S/C21H22N2O4S/c1-4-27-12-11-23-17-10-9-16(20(25)26-3)13-18(17)28-21(23)22-19(24)15-7-5-14(2)6-8-15/h5-10,13H,4,11-12H2,1-3H3. The Morgan fingerprint density at radius 3 is 2.50 bits per heavy atom. The number of methoxy groups -OCH3 is 1. The van der Waals surface area contributed by atoms with Crippen molar-refractivity contribution in [3.05, 3.63) is 64.0 Å². The third kappa shape index (κ3) is 4.37. The van der Waals surface area contributed by atoms with E-state index in [0.717, 1.165) is 15.8 Å². The van der Waals surface area contributed by atoms with Gasteiger partial charge in [-0.1, -0.05) is 29.0 Å². The van der Waals surface area contributed by atoms with Crippen LogP contribution in [0.2, 0.25) is 0 Å². The fraction of sp³-hybridized carbons (Fsp3) is 0.286. The summed E-state index contributed by atoms with van der Waals surface area (Å²) in [5.74, 6) is -0.699. The predicted molar refractivity (Wildman–Crippen MR) is 109 cm³/mol. The summed E-state index contributed by atoms with van der Waals surface area (Å²) >= 11 is 1.36. The topological polar surface area (TPSA) is 69.9 Å². The van der Waals surface area contributed by atoms with E-state index in [1.807, 2.05) is 36.6 Å². The largest absolute Gasteiger partial charge is 0.465 e. The predicted octanol–water partition coefficient (Wildman–Crippen LogP) is 3.58. The molecule has 28 heavy (non-hydrogen) atoms. The highest BCUT2D eigenvalue weighted by Gasteiger charge is 2.12. The zero-order valence-corrected chi connectivity index (χ0v) is 16.9. The number of rotatable bonds is 6. The van der Waals surface area contributed by atoms with Gasteiger partial charge < -0.3 is 14.0 Å². The first-order valence-electron chi connectivity index (χ1n) is 8.98. The molecular formula is C21H22N2O4S. The van der Waals surface area contributed by atoms with E-state index in [1.165, 1.54) is 18.4 Å². The van der Waals surface area contributed by atoms with E-state index in [9.17, 15) is 9.59 Å². The number of hydrogen-bond acceptors (Lipinski definition) is 5. The molecule has 0 N–H and O–H groups in total. The lowest BCUT2D eigenvalue weighted by molar-refractivity contribution is 0.0600. The maximum Gasteiger partial charge on any atom is 0.337 e. The van der Waals surface area contributed by atoms with E-state index < -0.39 is 5.97 Å². The van der Waals surface area contributed by atoms with Crippen LogP contribution in [0.3, 0.4) is 0 Å². The maximum absolute atomic E-state index is 12.6. The number of nitrogens with zero attached hydrogens (tertiary/aromatic N) is 2. The quantitative estimate of drug-likeness (QED) is 0.470. The van der Waals surface area contributed by atoms with Crippen molar-refractivity contribution in [1.29, 1.82) is 0 Å². The number of aromatic nitrogens is 1. The lowest BCUT2D eigenvalue weighted by atomic mass is 10.1. The summed E-state index contributed by atoms with van der Waals surface area (Å²) in [7, 11) is 1.35. The van der Waals surface area contributed by atoms with Gasteiger partial charge in [-0.2, -0.15) is 4.99 Å². The second kappa shape index (κ2) is 8.95. The van der Waals surface area contributed by atoms with Crippen molar-refractivity contribution in [2.45, 2.75) is 20.4 Å². The van der Waals surface area contributed by atoms with Crippen LogP contribution in [0.25, 0.3) is 10.2 Å².